The Morgan fingerprint density at radius 3 is 2.26 bits per heavy atom. The second-order valence-corrected chi connectivity index (χ2v) is 7.18. The number of rotatable bonds is 7. The van der Waals surface area contributed by atoms with Gasteiger partial charge in [-0.15, -0.1) is 0 Å². The Kier molecular flexibility index (Phi) is 5.17. The molecule has 0 aliphatic rings. The summed E-state index contributed by atoms with van der Waals surface area (Å²) in [7, 11) is -7.31. The number of aromatic nitrogens is 2. The second-order valence-electron chi connectivity index (χ2n) is 3.49. The Balaban J connectivity index is 2.64. The molecule has 0 aliphatic heterocycles. The number of hydrogen-bond donors (Lipinski definition) is 3. The van der Waals surface area contributed by atoms with Crippen molar-refractivity contribution < 1.29 is 16.8 Å². The van der Waals surface area contributed by atoms with Gasteiger partial charge in [-0.3, -0.25) is 0 Å². The zero-order valence-electron chi connectivity index (χ0n) is 10.2. The molecule has 1 rings (SSSR count). The molecule has 0 saturated heterocycles. The van der Waals surface area contributed by atoms with Crippen LogP contribution in [-0.2, 0) is 20.0 Å². The molecule has 0 atom stereocenters. The highest BCUT2D eigenvalue weighted by Gasteiger charge is 2.16. The van der Waals surface area contributed by atoms with Crippen LogP contribution < -0.4 is 15.2 Å². The van der Waals surface area contributed by atoms with Crippen LogP contribution in [0.1, 0.15) is 6.92 Å². The van der Waals surface area contributed by atoms with E-state index in [1.165, 1.54) is 0 Å². The van der Waals surface area contributed by atoms with Gasteiger partial charge in [0, 0.05) is 13.1 Å². The summed E-state index contributed by atoms with van der Waals surface area (Å²) in [6.07, 6.45) is 2.09. The summed E-state index contributed by atoms with van der Waals surface area (Å²) in [6.45, 7) is 1.64. The summed E-state index contributed by atoms with van der Waals surface area (Å²) in [6, 6.07) is 0. The number of hydrogen-bond acceptors (Lipinski definition) is 7. The van der Waals surface area contributed by atoms with Gasteiger partial charge in [0.1, 0.15) is 4.90 Å². The normalized spacial score (nSPS) is 12.5. The minimum absolute atomic E-state index is 0.0475. The SMILES string of the molecule is CCNS(=O)(=O)CCNS(=O)(=O)c1cnc(N)nc1. The Bertz CT molecular complexity index is 611. The average Bonchev–Trinajstić information content (AvgIpc) is 2.28. The van der Waals surface area contributed by atoms with Crippen molar-refractivity contribution in [3.8, 4) is 0 Å². The van der Waals surface area contributed by atoms with Gasteiger partial charge in [-0.25, -0.2) is 36.2 Å². The summed E-state index contributed by atoms with van der Waals surface area (Å²) in [5, 5.41) is 0. The van der Waals surface area contributed by atoms with Gasteiger partial charge in [-0.2, -0.15) is 0 Å². The van der Waals surface area contributed by atoms with Crippen molar-refractivity contribution in [3.05, 3.63) is 12.4 Å². The lowest BCUT2D eigenvalue weighted by Gasteiger charge is -2.07. The average molecular weight is 309 g/mol. The van der Waals surface area contributed by atoms with Crippen LogP contribution in [0.3, 0.4) is 0 Å². The van der Waals surface area contributed by atoms with Crippen LogP contribution >= 0.6 is 0 Å². The molecule has 0 aliphatic carbocycles. The summed E-state index contributed by atoms with van der Waals surface area (Å²) < 4.78 is 50.5. The highest BCUT2D eigenvalue weighted by Crippen LogP contribution is 2.05. The molecule has 1 aromatic rings. The zero-order valence-corrected chi connectivity index (χ0v) is 11.8. The van der Waals surface area contributed by atoms with Crippen molar-refractivity contribution in [2.75, 3.05) is 24.6 Å². The molecule has 19 heavy (non-hydrogen) atoms. The van der Waals surface area contributed by atoms with E-state index in [9.17, 15) is 16.8 Å². The molecule has 11 heteroatoms. The maximum absolute atomic E-state index is 11.7. The van der Waals surface area contributed by atoms with E-state index in [1.54, 1.807) is 6.92 Å². The van der Waals surface area contributed by atoms with Crippen LogP contribution in [0.25, 0.3) is 0 Å². The second kappa shape index (κ2) is 6.23. The van der Waals surface area contributed by atoms with Crippen molar-refractivity contribution in [3.63, 3.8) is 0 Å². The van der Waals surface area contributed by atoms with Crippen LogP contribution in [0.15, 0.2) is 17.3 Å². The van der Waals surface area contributed by atoms with E-state index < -0.39 is 20.0 Å². The van der Waals surface area contributed by atoms with E-state index in [4.69, 9.17) is 5.73 Å². The van der Waals surface area contributed by atoms with Gasteiger partial charge in [0.25, 0.3) is 0 Å². The highest BCUT2D eigenvalue weighted by molar-refractivity contribution is 7.90. The van der Waals surface area contributed by atoms with Crippen LogP contribution in [0.5, 0.6) is 0 Å². The summed E-state index contributed by atoms with van der Waals surface area (Å²) in [4.78, 5) is 6.92. The van der Waals surface area contributed by atoms with Gasteiger partial charge in [0.2, 0.25) is 26.0 Å². The van der Waals surface area contributed by atoms with Crippen molar-refractivity contribution in [1.29, 1.82) is 0 Å². The van der Waals surface area contributed by atoms with Crippen LogP contribution in [0, 0.1) is 0 Å². The zero-order chi connectivity index (χ0) is 14.5. The first-order valence-electron chi connectivity index (χ1n) is 5.31. The Morgan fingerprint density at radius 2 is 1.74 bits per heavy atom. The van der Waals surface area contributed by atoms with Crippen molar-refractivity contribution in [2.24, 2.45) is 0 Å². The molecule has 0 spiro atoms. The molecule has 0 amide bonds. The van der Waals surface area contributed by atoms with Gasteiger partial charge < -0.3 is 5.73 Å². The summed E-state index contributed by atoms with van der Waals surface area (Å²) in [5.41, 5.74) is 5.24. The Morgan fingerprint density at radius 1 is 1.16 bits per heavy atom. The predicted octanol–water partition coefficient (Wildman–Crippen LogP) is -1.72. The number of anilines is 1. The van der Waals surface area contributed by atoms with E-state index in [2.05, 4.69) is 19.4 Å². The summed E-state index contributed by atoms with van der Waals surface area (Å²) >= 11 is 0. The quantitative estimate of drug-likeness (QED) is 0.543. The molecule has 0 fully saturated rings. The lowest BCUT2D eigenvalue weighted by Crippen LogP contribution is -2.34. The van der Waals surface area contributed by atoms with E-state index in [1.807, 2.05) is 0 Å². The maximum atomic E-state index is 11.7. The maximum Gasteiger partial charge on any atom is 0.243 e. The molecule has 0 aromatic carbocycles. The first-order chi connectivity index (χ1) is 8.77. The lowest BCUT2D eigenvalue weighted by molar-refractivity contribution is 0.576. The standard InChI is InChI=1S/C8H15N5O4S2/c1-2-12-18(14,15)4-3-13-19(16,17)7-5-10-8(9)11-6-7/h5-6,12-13H,2-4H2,1H3,(H2,9,10,11). The predicted molar refractivity (Wildman–Crippen MR) is 69.1 cm³/mol. The third-order valence-corrected chi connectivity index (χ3v) is 4.87. The molecule has 0 saturated carbocycles. The topological polar surface area (TPSA) is 144 Å². The molecule has 4 N–H and O–H groups in total. The van der Waals surface area contributed by atoms with E-state index in [0.717, 1.165) is 12.4 Å². The van der Waals surface area contributed by atoms with Gasteiger partial charge in [0.05, 0.1) is 18.1 Å². The van der Waals surface area contributed by atoms with Crippen molar-refractivity contribution in [2.45, 2.75) is 11.8 Å². The first kappa shape index (κ1) is 15.8. The van der Waals surface area contributed by atoms with Crippen molar-refractivity contribution in [1.82, 2.24) is 19.4 Å². The number of nitrogens with two attached hydrogens (primary N) is 1. The van der Waals surface area contributed by atoms with Gasteiger partial charge >= 0.3 is 0 Å². The fraction of sp³-hybridized carbons (Fsp3) is 0.500. The molecular formula is C8H15N5O4S2. The molecule has 9 nitrogen and oxygen atoms in total. The van der Waals surface area contributed by atoms with Crippen LogP contribution in [0.4, 0.5) is 5.95 Å². The monoisotopic (exact) mass is 309 g/mol. The van der Waals surface area contributed by atoms with Crippen molar-refractivity contribution >= 4 is 26.0 Å². The fourth-order valence-electron chi connectivity index (χ4n) is 1.15. The minimum atomic E-state index is -3.84. The van der Waals surface area contributed by atoms with E-state index in [-0.39, 0.29) is 29.7 Å². The Labute approximate surface area is 111 Å². The first-order valence-corrected chi connectivity index (χ1v) is 8.45. The number of nitrogen functional groups attached to an aromatic ring is 1. The van der Waals surface area contributed by atoms with Crippen LogP contribution in [0.2, 0.25) is 0 Å². The smallest absolute Gasteiger partial charge is 0.243 e. The molecule has 108 valence electrons. The molecule has 1 heterocycles. The van der Waals surface area contributed by atoms with Crippen LogP contribution in [-0.4, -0.2) is 45.6 Å². The molecular weight excluding hydrogens is 294 g/mol. The molecule has 0 unspecified atom stereocenters. The molecule has 1 aromatic heterocycles. The number of sulfonamides is 2. The van der Waals surface area contributed by atoms with Gasteiger partial charge in [-0.1, -0.05) is 6.92 Å². The summed E-state index contributed by atoms with van der Waals surface area (Å²) in [5.74, 6) is -0.399. The lowest BCUT2D eigenvalue weighted by atomic mass is 10.7. The van der Waals surface area contributed by atoms with E-state index >= 15 is 0 Å². The third-order valence-electron chi connectivity index (χ3n) is 1.99. The number of nitrogens with one attached hydrogen (secondary N) is 2. The third kappa shape index (κ3) is 5.06. The van der Waals surface area contributed by atoms with Gasteiger partial charge in [0.15, 0.2) is 0 Å². The Hall–Kier alpha value is -1.30. The minimum Gasteiger partial charge on any atom is -0.368 e. The highest BCUT2D eigenvalue weighted by atomic mass is 32.2. The molecule has 0 radical (unpaired) electrons. The van der Waals surface area contributed by atoms with Gasteiger partial charge in [-0.05, 0) is 0 Å². The van der Waals surface area contributed by atoms with E-state index in [0.29, 0.717) is 0 Å². The largest absolute Gasteiger partial charge is 0.368 e. The number of nitrogens with zero attached hydrogens (tertiary/aromatic N) is 2. The molecule has 0 bridgehead atoms. The fourth-order valence-corrected chi connectivity index (χ4v) is 3.16.